The van der Waals surface area contributed by atoms with E-state index in [0.29, 0.717) is 18.1 Å². The first-order valence-electron chi connectivity index (χ1n) is 6.95. The van der Waals surface area contributed by atoms with E-state index in [1.807, 2.05) is 0 Å². The first kappa shape index (κ1) is 10.9. The Morgan fingerprint density at radius 2 is 0.857 bits per heavy atom. The van der Waals surface area contributed by atoms with Gasteiger partial charge in [0.1, 0.15) is 0 Å². The smallest absolute Gasteiger partial charge is 0.0121 e. The van der Waals surface area contributed by atoms with Crippen LogP contribution in [0.1, 0.15) is 64.2 Å². The molecule has 0 radical (unpaired) electrons. The summed E-state index contributed by atoms with van der Waals surface area (Å²) < 4.78 is 0. The van der Waals surface area contributed by atoms with Crippen LogP contribution in [0.25, 0.3) is 0 Å². The molecule has 0 aromatic heterocycles. The average Bonchev–Trinajstić information content (AvgIpc) is 2.29. The molecule has 0 aliphatic heterocycles. The molecule has 2 heteroatoms. The monoisotopic (exact) mass is 226 g/mol. The quantitative estimate of drug-likeness (QED) is 0.649. The Balaban J connectivity index is 1.60. The Morgan fingerprint density at radius 3 is 1.21 bits per heavy atom. The molecular formula is C12H26Si2. The summed E-state index contributed by atoms with van der Waals surface area (Å²) in [5.41, 5.74) is 2.63. The Hall–Kier alpha value is 0.434. The van der Waals surface area contributed by atoms with E-state index in [1.165, 1.54) is 11.1 Å². The van der Waals surface area contributed by atoms with Gasteiger partial charge in [-0.15, -0.1) is 0 Å². The van der Waals surface area contributed by atoms with Crippen molar-refractivity contribution in [3.8, 4) is 0 Å². The molecule has 0 saturated heterocycles. The van der Waals surface area contributed by atoms with Crippen LogP contribution in [0.4, 0.5) is 0 Å². The van der Waals surface area contributed by atoms with E-state index >= 15 is 0 Å². The predicted octanol–water partition coefficient (Wildman–Crippen LogP) is 2.74. The van der Waals surface area contributed by atoms with Crippen LogP contribution < -0.4 is 0 Å². The van der Waals surface area contributed by atoms with Gasteiger partial charge in [-0.2, -0.15) is 0 Å². The fourth-order valence-corrected chi connectivity index (χ4v) is 13.0. The topological polar surface area (TPSA) is 0 Å². The van der Waals surface area contributed by atoms with Crippen molar-refractivity contribution in [3.05, 3.63) is 0 Å². The Morgan fingerprint density at radius 1 is 0.500 bits per heavy atom. The van der Waals surface area contributed by atoms with Gasteiger partial charge in [0.15, 0.2) is 0 Å². The lowest BCUT2D eigenvalue weighted by Crippen LogP contribution is -2.20. The molecule has 0 aromatic rings. The predicted molar refractivity (Wildman–Crippen MR) is 70.8 cm³/mol. The van der Waals surface area contributed by atoms with Crippen LogP contribution >= 0.6 is 0 Å². The van der Waals surface area contributed by atoms with Gasteiger partial charge in [0.2, 0.25) is 0 Å². The second-order valence-corrected chi connectivity index (χ2v) is 12.5. The largest absolute Gasteiger partial charge is 0.0539 e. The summed E-state index contributed by atoms with van der Waals surface area (Å²) >= 11 is 0. The second-order valence-electron chi connectivity index (χ2n) is 5.59. The molecule has 0 nitrogen and oxygen atoms in total. The lowest BCUT2D eigenvalue weighted by molar-refractivity contribution is 0.496. The number of hydrogen-bond acceptors (Lipinski definition) is 0. The average molecular weight is 227 g/mol. The van der Waals surface area contributed by atoms with Crippen molar-refractivity contribution in [2.75, 3.05) is 0 Å². The summed E-state index contributed by atoms with van der Waals surface area (Å²) in [4.78, 5) is 0. The van der Waals surface area contributed by atoms with Crippen molar-refractivity contribution in [2.45, 2.75) is 75.3 Å². The highest BCUT2D eigenvalue weighted by atomic mass is 29.1. The highest BCUT2D eigenvalue weighted by Gasteiger charge is 2.18. The molecule has 2 fully saturated rings. The zero-order chi connectivity index (χ0) is 9.64. The molecule has 2 saturated carbocycles. The van der Waals surface area contributed by atoms with Crippen LogP contribution in [-0.4, -0.2) is 18.1 Å². The van der Waals surface area contributed by atoms with Gasteiger partial charge in [-0.05, 0) is 0 Å². The molecule has 2 rings (SSSR count). The molecule has 0 unspecified atom stereocenters. The summed E-state index contributed by atoms with van der Waals surface area (Å²) in [5.74, 6) is 0. The van der Waals surface area contributed by atoms with Gasteiger partial charge >= 0.3 is 0 Å². The van der Waals surface area contributed by atoms with Crippen molar-refractivity contribution in [1.29, 1.82) is 0 Å². The van der Waals surface area contributed by atoms with Crippen molar-refractivity contribution in [3.63, 3.8) is 0 Å². The van der Waals surface area contributed by atoms with Gasteiger partial charge in [-0.3, -0.25) is 0 Å². The lowest BCUT2D eigenvalue weighted by Gasteiger charge is -2.25. The maximum absolute atomic E-state index is 1.64. The second kappa shape index (κ2) is 6.11. The van der Waals surface area contributed by atoms with Gasteiger partial charge in [0, 0.05) is 18.1 Å². The molecule has 0 atom stereocenters. The molecule has 82 valence electrons. The highest BCUT2D eigenvalue weighted by molar-refractivity contribution is 7.01. The zero-order valence-electron chi connectivity index (χ0n) is 9.64. The number of hydrogen-bond donors (Lipinski definition) is 0. The van der Waals surface area contributed by atoms with Crippen LogP contribution in [-0.2, 0) is 0 Å². The minimum absolute atomic E-state index is 0.460. The summed E-state index contributed by atoms with van der Waals surface area (Å²) in [7, 11) is 0.919. The lowest BCUT2D eigenvalue weighted by atomic mass is 10.0. The first-order valence-corrected chi connectivity index (χ1v) is 12.6. The molecule has 14 heavy (non-hydrogen) atoms. The fraction of sp³-hybridized carbons (Fsp3) is 1.00. The molecule has 0 aromatic carbocycles. The van der Waals surface area contributed by atoms with E-state index < -0.39 is 0 Å². The third-order valence-corrected chi connectivity index (χ3v) is 13.9. The maximum atomic E-state index is 1.64. The van der Waals surface area contributed by atoms with Crippen molar-refractivity contribution >= 4 is 18.1 Å². The SMILES string of the molecule is C1CCC([SiH2][SiH2]C2CCCCC2)CC1. The van der Waals surface area contributed by atoms with Crippen LogP contribution in [0.15, 0.2) is 0 Å². The van der Waals surface area contributed by atoms with Crippen molar-refractivity contribution in [2.24, 2.45) is 0 Å². The summed E-state index contributed by atoms with van der Waals surface area (Å²) in [6, 6.07) is 0. The van der Waals surface area contributed by atoms with Gasteiger partial charge in [-0.1, -0.05) is 75.3 Å². The van der Waals surface area contributed by atoms with E-state index in [1.54, 1.807) is 64.2 Å². The van der Waals surface area contributed by atoms with E-state index in [2.05, 4.69) is 0 Å². The van der Waals surface area contributed by atoms with E-state index in [4.69, 9.17) is 0 Å². The van der Waals surface area contributed by atoms with Crippen LogP contribution in [0.2, 0.25) is 11.1 Å². The Bertz CT molecular complexity index is 128. The van der Waals surface area contributed by atoms with Crippen LogP contribution in [0, 0.1) is 0 Å². The van der Waals surface area contributed by atoms with Crippen molar-refractivity contribution < 1.29 is 0 Å². The normalized spacial score (nSPS) is 28.3. The molecule has 2 aliphatic carbocycles. The van der Waals surface area contributed by atoms with E-state index in [-0.39, 0.29) is 0 Å². The molecule has 0 heterocycles. The summed E-state index contributed by atoms with van der Waals surface area (Å²) in [6.07, 6.45) is 16.0. The first-order chi connectivity index (χ1) is 6.95. The minimum Gasteiger partial charge on any atom is -0.0539 e. The molecule has 0 N–H and O–H groups in total. The van der Waals surface area contributed by atoms with Crippen molar-refractivity contribution in [1.82, 2.24) is 0 Å². The standard InChI is InChI=1S/C12H26Si2/c1-3-7-11(8-4-1)13-14-12-9-5-2-6-10-12/h11-12H,1-10,13-14H2. The Kier molecular flexibility index (Phi) is 4.77. The van der Waals surface area contributed by atoms with Gasteiger partial charge in [-0.25, -0.2) is 0 Å². The molecule has 0 amide bonds. The molecule has 0 spiro atoms. The third kappa shape index (κ3) is 3.54. The van der Waals surface area contributed by atoms with Gasteiger partial charge in [0.05, 0.1) is 0 Å². The Labute approximate surface area is 93.7 Å². The van der Waals surface area contributed by atoms with Crippen LogP contribution in [0.3, 0.4) is 0 Å². The maximum Gasteiger partial charge on any atom is 0.0121 e. The zero-order valence-corrected chi connectivity index (χ0v) is 12.5. The molecule has 0 bridgehead atoms. The summed E-state index contributed by atoms with van der Waals surface area (Å²) in [6.45, 7) is 0. The molecule has 2 aliphatic rings. The third-order valence-electron chi connectivity index (χ3n) is 4.43. The van der Waals surface area contributed by atoms with Gasteiger partial charge in [0.25, 0.3) is 0 Å². The van der Waals surface area contributed by atoms with Crippen LogP contribution in [0.5, 0.6) is 0 Å². The highest BCUT2D eigenvalue weighted by Crippen LogP contribution is 2.31. The minimum atomic E-state index is 0.460. The van der Waals surface area contributed by atoms with E-state index in [0.717, 1.165) is 0 Å². The number of rotatable bonds is 3. The molecular weight excluding hydrogens is 200 g/mol. The summed E-state index contributed by atoms with van der Waals surface area (Å²) in [5, 5.41) is 0. The van der Waals surface area contributed by atoms with E-state index in [9.17, 15) is 0 Å². The van der Waals surface area contributed by atoms with Gasteiger partial charge < -0.3 is 0 Å². The fourth-order valence-electron chi connectivity index (χ4n) is 3.42.